The lowest BCUT2D eigenvalue weighted by molar-refractivity contribution is 0.0609. The molecule has 206 valence electrons. The number of aromatic amines is 1. The first-order chi connectivity index (χ1) is 18.3. The van der Waals surface area contributed by atoms with Gasteiger partial charge in [-0.15, -0.1) is 9.51 Å². The minimum atomic E-state index is -3.81. The Labute approximate surface area is 224 Å². The Balaban J connectivity index is 1.61. The van der Waals surface area contributed by atoms with E-state index in [1.165, 1.54) is 17.3 Å². The molecule has 0 amide bonds. The van der Waals surface area contributed by atoms with E-state index >= 15 is 0 Å². The van der Waals surface area contributed by atoms with E-state index in [0.717, 1.165) is 50.8 Å². The number of hydrazine groups is 1. The van der Waals surface area contributed by atoms with Gasteiger partial charge < -0.3 is 9.72 Å². The van der Waals surface area contributed by atoms with Crippen LogP contribution in [0.1, 0.15) is 82.1 Å². The first kappa shape index (κ1) is 26.8. The zero-order valence-corrected chi connectivity index (χ0v) is 23.4. The number of aryl methyl sites for hydroxylation is 1. The van der Waals surface area contributed by atoms with Gasteiger partial charge in [-0.05, 0) is 57.7 Å². The van der Waals surface area contributed by atoms with E-state index in [1.54, 1.807) is 29.8 Å². The third kappa shape index (κ3) is 5.11. The summed E-state index contributed by atoms with van der Waals surface area (Å²) in [4.78, 5) is 21.1. The van der Waals surface area contributed by atoms with Gasteiger partial charge in [-0.2, -0.15) is 0 Å². The maximum Gasteiger partial charge on any atom is 0.277 e. The van der Waals surface area contributed by atoms with Gasteiger partial charge in [0.2, 0.25) is 0 Å². The van der Waals surface area contributed by atoms with Crippen LogP contribution in [0.5, 0.6) is 5.75 Å². The van der Waals surface area contributed by atoms with Crippen LogP contribution >= 0.6 is 0 Å². The highest BCUT2D eigenvalue weighted by Gasteiger charge is 2.29. The quantitative estimate of drug-likeness (QED) is 0.444. The number of imidazole rings is 1. The average Bonchev–Trinajstić information content (AvgIpc) is 3.07. The lowest BCUT2D eigenvalue weighted by atomic mass is 10.00. The number of piperidine rings is 1. The number of hydrogen-bond donors (Lipinski definition) is 1. The van der Waals surface area contributed by atoms with Gasteiger partial charge in [0, 0.05) is 26.1 Å². The van der Waals surface area contributed by atoms with Gasteiger partial charge in [-0.1, -0.05) is 32.1 Å². The van der Waals surface area contributed by atoms with Gasteiger partial charge in [0.25, 0.3) is 15.6 Å². The molecule has 11 heteroatoms. The number of hydrogen-bond acceptors (Lipinski definition) is 7. The molecular weight excluding hydrogens is 504 g/mol. The van der Waals surface area contributed by atoms with E-state index in [9.17, 15) is 13.2 Å². The molecule has 1 saturated heterocycles. The van der Waals surface area contributed by atoms with Crippen LogP contribution in [0.3, 0.4) is 0 Å². The van der Waals surface area contributed by atoms with Crippen molar-refractivity contribution in [3.8, 4) is 17.1 Å². The summed E-state index contributed by atoms with van der Waals surface area (Å²) >= 11 is 0. The third-order valence-corrected chi connectivity index (χ3v) is 9.58. The van der Waals surface area contributed by atoms with Gasteiger partial charge >= 0.3 is 0 Å². The lowest BCUT2D eigenvalue weighted by Crippen LogP contribution is -2.46. The molecule has 1 aliphatic carbocycles. The van der Waals surface area contributed by atoms with Crippen molar-refractivity contribution in [2.24, 2.45) is 0 Å². The smallest absolute Gasteiger partial charge is 0.277 e. The van der Waals surface area contributed by atoms with Crippen LogP contribution in [0, 0.1) is 6.92 Å². The molecule has 10 nitrogen and oxygen atoms in total. The maximum atomic E-state index is 13.6. The number of sulfonamides is 1. The fourth-order valence-corrected chi connectivity index (χ4v) is 7.00. The predicted molar refractivity (Wildman–Crippen MR) is 146 cm³/mol. The first-order valence-electron chi connectivity index (χ1n) is 13.8. The molecule has 38 heavy (non-hydrogen) atoms. The Kier molecular flexibility index (Phi) is 7.88. The molecule has 1 saturated carbocycles. The Morgan fingerprint density at radius 2 is 1.76 bits per heavy atom. The van der Waals surface area contributed by atoms with Crippen molar-refractivity contribution in [3.05, 3.63) is 40.1 Å². The number of nitrogens with zero attached hydrogens (tertiary/aromatic N) is 5. The van der Waals surface area contributed by atoms with Crippen LogP contribution in [-0.4, -0.2) is 64.2 Å². The van der Waals surface area contributed by atoms with Crippen molar-refractivity contribution >= 4 is 15.5 Å². The minimum Gasteiger partial charge on any atom is -0.493 e. The molecule has 1 aliphatic heterocycles. The van der Waals surface area contributed by atoms with Crippen LogP contribution in [0.25, 0.3) is 16.9 Å². The molecule has 0 bridgehead atoms. The Hall–Kier alpha value is -2.76. The predicted octanol–water partition coefficient (Wildman–Crippen LogP) is 4.25. The lowest BCUT2D eigenvalue weighted by Gasteiger charge is -2.33. The van der Waals surface area contributed by atoms with E-state index in [-0.39, 0.29) is 22.2 Å². The fourth-order valence-electron chi connectivity index (χ4n) is 5.72. The topological polar surface area (TPSA) is 113 Å². The zero-order chi connectivity index (χ0) is 26.9. The minimum absolute atomic E-state index is 0.123. The van der Waals surface area contributed by atoms with Gasteiger partial charge in [0.05, 0.1) is 22.8 Å². The number of nitrogens with one attached hydrogen (secondary N) is 1. The molecule has 3 aromatic rings. The first-order valence-corrected chi connectivity index (χ1v) is 15.3. The Morgan fingerprint density at radius 3 is 2.45 bits per heavy atom. The molecule has 2 fully saturated rings. The maximum absolute atomic E-state index is 13.6. The van der Waals surface area contributed by atoms with E-state index in [1.807, 2.05) is 18.9 Å². The van der Waals surface area contributed by atoms with Gasteiger partial charge in [0.15, 0.2) is 11.3 Å². The molecule has 1 aromatic carbocycles. The molecule has 0 radical (unpaired) electrons. The largest absolute Gasteiger partial charge is 0.493 e. The summed E-state index contributed by atoms with van der Waals surface area (Å²) in [6, 6.07) is 4.75. The van der Waals surface area contributed by atoms with E-state index in [0.29, 0.717) is 42.2 Å². The highest BCUT2D eigenvalue weighted by Crippen LogP contribution is 2.34. The van der Waals surface area contributed by atoms with E-state index in [2.05, 4.69) is 4.98 Å². The summed E-state index contributed by atoms with van der Waals surface area (Å²) < 4.78 is 36.1. The van der Waals surface area contributed by atoms with E-state index < -0.39 is 10.0 Å². The van der Waals surface area contributed by atoms with Gasteiger partial charge in [-0.3, -0.25) is 4.79 Å². The van der Waals surface area contributed by atoms with Crippen LogP contribution in [-0.2, 0) is 10.0 Å². The van der Waals surface area contributed by atoms with Crippen molar-refractivity contribution in [2.45, 2.75) is 82.4 Å². The Morgan fingerprint density at radius 1 is 1.08 bits per heavy atom. The fraction of sp³-hybridized carbons (Fsp3) is 0.593. The SMILES string of the molecule is CCOc1ccc(S(=O)(=O)N(C)N2CCCCC2)cc1-c1nn2c(C3CCCCCC3)nc(C)c2c(=O)[nH]1. The summed E-state index contributed by atoms with van der Waals surface area (Å²) in [6.45, 7) is 5.49. The average molecular weight is 543 g/mol. The molecule has 2 aliphatic rings. The molecule has 3 heterocycles. The van der Waals surface area contributed by atoms with Crippen molar-refractivity contribution in [1.29, 1.82) is 0 Å². The second-order valence-corrected chi connectivity index (χ2v) is 12.3. The molecule has 5 rings (SSSR count). The molecule has 0 spiro atoms. The molecular formula is C27H38N6O4S. The van der Waals surface area contributed by atoms with Crippen molar-refractivity contribution in [3.63, 3.8) is 0 Å². The number of H-pyrrole nitrogens is 1. The van der Waals surface area contributed by atoms with Gasteiger partial charge in [-0.25, -0.2) is 22.9 Å². The van der Waals surface area contributed by atoms with E-state index in [4.69, 9.17) is 14.8 Å². The van der Waals surface area contributed by atoms with Crippen LogP contribution in [0.15, 0.2) is 27.9 Å². The second kappa shape index (κ2) is 11.2. The number of benzene rings is 1. The third-order valence-electron chi connectivity index (χ3n) is 7.80. The summed E-state index contributed by atoms with van der Waals surface area (Å²) in [7, 11) is -2.22. The highest BCUT2D eigenvalue weighted by atomic mass is 32.2. The molecule has 1 N–H and O–H groups in total. The molecule has 0 unspecified atom stereocenters. The summed E-state index contributed by atoms with van der Waals surface area (Å²) in [6.07, 6.45) is 9.76. The second-order valence-electron chi connectivity index (χ2n) is 10.4. The molecule has 2 aromatic heterocycles. The number of fused-ring (bicyclic) bond motifs is 1. The van der Waals surface area contributed by atoms with Crippen molar-refractivity contribution in [1.82, 2.24) is 29.0 Å². The van der Waals surface area contributed by atoms with Crippen LogP contribution in [0.2, 0.25) is 0 Å². The number of aromatic nitrogens is 4. The summed E-state index contributed by atoms with van der Waals surface area (Å²) in [5.41, 5.74) is 1.20. The summed E-state index contributed by atoms with van der Waals surface area (Å²) in [5, 5.41) is 6.70. The van der Waals surface area contributed by atoms with Crippen LogP contribution < -0.4 is 10.3 Å². The molecule has 0 atom stereocenters. The summed E-state index contributed by atoms with van der Waals surface area (Å²) in [5.74, 6) is 1.76. The highest BCUT2D eigenvalue weighted by molar-refractivity contribution is 7.89. The van der Waals surface area contributed by atoms with Crippen molar-refractivity contribution < 1.29 is 13.2 Å². The monoisotopic (exact) mass is 542 g/mol. The van der Waals surface area contributed by atoms with Crippen molar-refractivity contribution in [2.75, 3.05) is 26.7 Å². The normalized spacial score (nSPS) is 18.2. The number of rotatable bonds is 7. The van der Waals surface area contributed by atoms with Gasteiger partial charge in [0.1, 0.15) is 11.6 Å². The zero-order valence-electron chi connectivity index (χ0n) is 22.6. The standard InChI is InChI=1S/C27H38N6O4S/c1-4-37-23-15-14-21(38(35,36)31(3)32-16-10-7-11-17-32)18-22(23)25-29-27(34)24-19(2)28-26(33(24)30-25)20-12-8-5-6-9-13-20/h14-15,18,20H,4-13,16-17H2,1-3H3,(H,29,30,34). The number of ether oxygens (including phenoxy) is 1. The van der Waals surface area contributed by atoms with Crippen LogP contribution in [0.4, 0.5) is 0 Å². The Bertz CT molecular complexity index is 1450.